The standard InChI is InChI=1S/C22H31N3O3S2/c1-4-28-10-9-25-18-7-5-6-8-19(18)30-22(25)23-20(26)14-29-15-21(27)24-12-16(2)11-17(3)13-24/h5-8,16-17H,4,9-15H2,1-3H3. The van der Waals surface area contributed by atoms with Crippen molar-refractivity contribution >= 4 is 45.1 Å². The summed E-state index contributed by atoms with van der Waals surface area (Å²) in [6, 6.07) is 8.05. The number of fused-ring (bicyclic) bond motifs is 1. The number of hydrogen-bond donors (Lipinski definition) is 0. The molecule has 1 aliphatic rings. The van der Waals surface area contributed by atoms with Crippen molar-refractivity contribution in [3.63, 3.8) is 0 Å². The minimum Gasteiger partial charge on any atom is -0.380 e. The smallest absolute Gasteiger partial charge is 0.258 e. The number of rotatable bonds is 8. The fourth-order valence-corrected chi connectivity index (χ4v) is 5.72. The van der Waals surface area contributed by atoms with Crippen LogP contribution in [0.2, 0.25) is 0 Å². The average molecular weight is 450 g/mol. The van der Waals surface area contributed by atoms with Crippen LogP contribution in [-0.2, 0) is 20.9 Å². The third-order valence-corrected chi connectivity index (χ3v) is 7.11. The fourth-order valence-electron chi connectivity index (χ4n) is 3.94. The Kier molecular flexibility index (Phi) is 8.53. The number of nitrogens with zero attached hydrogens (tertiary/aromatic N) is 3. The summed E-state index contributed by atoms with van der Waals surface area (Å²) in [6.45, 7) is 9.89. The van der Waals surface area contributed by atoms with Crippen molar-refractivity contribution in [2.45, 2.75) is 33.7 Å². The third-order valence-electron chi connectivity index (χ3n) is 5.14. The SMILES string of the molecule is CCOCCn1c(=NC(=O)CSCC(=O)N2CC(C)CC(C)C2)sc2ccccc21. The van der Waals surface area contributed by atoms with E-state index in [-0.39, 0.29) is 17.6 Å². The predicted octanol–water partition coefficient (Wildman–Crippen LogP) is 3.40. The summed E-state index contributed by atoms with van der Waals surface area (Å²) in [5.41, 5.74) is 1.06. The lowest BCUT2D eigenvalue weighted by Gasteiger charge is -2.35. The lowest BCUT2D eigenvalue weighted by atomic mass is 9.92. The summed E-state index contributed by atoms with van der Waals surface area (Å²) in [4.78, 5) is 32.0. The number of thiazole rings is 1. The molecule has 0 spiro atoms. The van der Waals surface area contributed by atoms with E-state index in [1.165, 1.54) is 29.5 Å². The predicted molar refractivity (Wildman–Crippen MR) is 124 cm³/mol. The third kappa shape index (κ3) is 6.18. The number of likely N-dealkylation sites (tertiary alicyclic amines) is 1. The zero-order valence-electron chi connectivity index (χ0n) is 18.0. The number of hydrogen-bond acceptors (Lipinski definition) is 5. The largest absolute Gasteiger partial charge is 0.380 e. The summed E-state index contributed by atoms with van der Waals surface area (Å²) in [5.74, 6) is 1.55. The quantitative estimate of drug-likeness (QED) is 0.580. The molecule has 0 radical (unpaired) electrons. The minimum atomic E-state index is -0.204. The second-order valence-corrected chi connectivity index (χ2v) is 9.94. The fraction of sp³-hybridized carbons (Fsp3) is 0.591. The molecular weight excluding hydrogens is 418 g/mol. The molecule has 2 aromatic rings. The summed E-state index contributed by atoms with van der Waals surface area (Å²) in [7, 11) is 0. The van der Waals surface area contributed by atoms with E-state index in [0.29, 0.717) is 42.1 Å². The monoisotopic (exact) mass is 449 g/mol. The minimum absolute atomic E-state index is 0.125. The van der Waals surface area contributed by atoms with Gasteiger partial charge in [-0.05, 0) is 37.3 Å². The van der Waals surface area contributed by atoms with Crippen molar-refractivity contribution in [1.29, 1.82) is 0 Å². The molecular formula is C22H31N3O3S2. The van der Waals surface area contributed by atoms with Gasteiger partial charge in [-0.2, -0.15) is 4.99 Å². The van der Waals surface area contributed by atoms with Crippen LogP contribution in [0.25, 0.3) is 10.2 Å². The van der Waals surface area contributed by atoms with Crippen LogP contribution in [0.5, 0.6) is 0 Å². The zero-order valence-corrected chi connectivity index (χ0v) is 19.6. The van der Waals surface area contributed by atoms with Crippen LogP contribution in [0.4, 0.5) is 0 Å². The van der Waals surface area contributed by atoms with E-state index < -0.39 is 0 Å². The van der Waals surface area contributed by atoms with E-state index in [0.717, 1.165) is 23.3 Å². The van der Waals surface area contributed by atoms with Gasteiger partial charge in [-0.1, -0.05) is 37.3 Å². The molecule has 1 fully saturated rings. The molecule has 0 bridgehead atoms. The van der Waals surface area contributed by atoms with Crippen LogP contribution >= 0.6 is 23.1 Å². The van der Waals surface area contributed by atoms with Crippen LogP contribution in [0, 0.1) is 11.8 Å². The van der Waals surface area contributed by atoms with E-state index in [2.05, 4.69) is 18.8 Å². The number of amides is 2. The summed E-state index contributed by atoms with van der Waals surface area (Å²) in [5, 5.41) is 0. The molecule has 0 saturated carbocycles. The van der Waals surface area contributed by atoms with Gasteiger partial charge in [0.2, 0.25) is 5.91 Å². The summed E-state index contributed by atoms with van der Waals surface area (Å²) in [6.07, 6.45) is 1.17. The molecule has 0 N–H and O–H groups in total. The van der Waals surface area contributed by atoms with Crippen molar-refractivity contribution < 1.29 is 14.3 Å². The van der Waals surface area contributed by atoms with Crippen LogP contribution in [0.3, 0.4) is 0 Å². The van der Waals surface area contributed by atoms with Gasteiger partial charge in [0.25, 0.3) is 5.91 Å². The molecule has 0 aliphatic carbocycles. The molecule has 3 rings (SSSR count). The van der Waals surface area contributed by atoms with Gasteiger partial charge in [0, 0.05) is 26.2 Å². The Morgan fingerprint density at radius 2 is 1.93 bits per heavy atom. The van der Waals surface area contributed by atoms with Gasteiger partial charge < -0.3 is 14.2 Å². The maximum atomic E-state index is 12.5. The van der Waals surface area contributed by atoms with Crippen LogP contribution in [0.1, 0.15) is 27.2 Å². The lowest BCUT2D eigenvalue weighted by Crippen LogP contribution is -2.43. The maximum absolute atomic E-state index is 12.5. The molecule has 2 unspecified atom stereocenters. The van der Waals surface area contributed by atoms with Crippen molar-refractivity contribution in [2.24, 2.45) is 16.8 Å². The molecule has 2 heterocycles. The van der Waals surface area contributed by atoms with Gasteiger partial charge in [0.15, 0.2) is 4.80 Å². The summed E-state index contributed by atoms with van der Waals surface area (Å²) >= 11 is 2.86. The molecule has 1 saturated heterocycles. The number of piperidine rings is 1. The molecule has 1 aromatic heterocycles. The van der Waals surface area contributed by atoms with Gasteiger partial charge in [-0.3, -0.25) is 9.59 Å². The summed E-state index contributed by atoms with van der Waals surface area (Å²) < 4.78 is 8.63. The molecule has 2 amide bonds. The topological polar surface area (TPSA) is 63.9 Å². The first-order valence-electron chi connectivity index (χ1n) is 10.6. The number of aromatic nitrogens is 1. The van der Waals surface area contributed by atoms with Crippen molar-refractivity contribution in [3.8, 4) is 0 Å². The van der Waals surface area contributed by atoms with Gasteiger partial charge in [0.05, 0.1) is 28.3 Å². The van der Waals surface area contributed by atoms with E-state index in [1.807, 2.05) is 40.7 Å². The highest BCUT2D eigenvalue weighted by Gasteiger charge is 2.25. The number of ether oxygens (including phenoxy) is 1. The first kappa shape index (κ1) is 23.0. The maximum Gasteiger partial charge on any atom is 0.258 e. The molecule has 1 aromatic carbocycles. The Morgan fingerprint density at radius 1 is 1.20 bits per heavy atom. The highest BCUT2D eigenvalue weighted by Crippen LogP contribution is 2.21. The Morgan fingerprint density at radius 3 is 2.67 bits per heavy atom. The molecule has 164 valence electrons. The molecule has 2 atom stereocenters. The van der Waals surface area contributed by atoms with Gasteiger partial charge in [-0.25, -0.2) is 0 Å². The van der Waals surface area contributed by atoms with Crippen LogP contribution < -0.4 is 4.80 Å². The molecule has 8 heteroatoms. The van der Waals surface area contributed by atoms with Gasteiger partial charge in [0.1, 0.15) is 0 Å². The van der Waals surface area contributed by atoms with Crippen molar-refractivity contribution in [1.82, 2.24) is 9.47 Å². The number of carbonyl (C=O) groups excluding carboxylic acids is 2. The lowest BCUT2D eigenvalue weighted by molar-refractivity contribution is -0.130. The average Bonchev–Trinajstić information content (AvgIpc) is 3.04. The highest BCUT2D eigenvalue weighted by molar-refractivity contribution is 8.00. The van der Waals surface area contributed by atoms with Gasteiger partial charge >= 0.3 is 0 Å². The first-order valence-corrected chi connectivity index (χ1v) is 12.5. The Hall–Kier alpha value is -1.64. The van der Waals surface area contributed by atoms with Crippen molar-refractivity contribution in [3.05, 3.63) is 29.1 Å². The Bertz CT molecular complexity index is 927. The number of para-hydroxylation sites is 1. The number of thioether (sulfide) groups is 1. The van der Waals surface area contributed by atoms with Crippen LogP contribution in [-0.4, -0.2) is 59.1 Å². The second-order valence-electron chi connectivity index (χ2n) is 7.94. The highest BCUT2D eigenvalue weighted by atomic mass is 32.2. The normalized spacial score (nSPS) is 20.1. The van der Waals surface area contributed by atoms with E-state index in [4.69, 9.17) is 4.74 Å². The van der Waals surface area contributed by atoms with E-state index in [1.54, 1.807) is 0 Å². The number of benzene rings is 1. The first-order chi connectivity index (χ1) is 14.5. The number of carbonyl (C=O) groups is 2. The zero-order chi connectivity index (χ0) is 21.5. The molecule has 1 aliphatic heterocycles. The Balaban J connectivity index is 1.61. The van der Waals surface area contributed by atoms with Gasteiger partial charge in [-0.15, -0.1) is 11.8 Å². The second kappa shape index (κ2) is 11.1. The Labute approximate surface area is 186 Å². The van der Waals surface area contributed by atoms with Crippen LogP contribution in [0.15, 0.2) is 29.3 Å². The molecule has 30 heavy (non-hydrogen) atoms. The van der Waals surface area contributed by atoms with E-state index in [9.17, 15) is 9.59 Å². The van der Waals surface area contributed by atoms with Crippen molar-refractivity contribution in [2.75, 3.05) is 37.8 Å². The van der Waals surface area contributed by atoms with E-state index >= 15 is 0 Å². The molecule has 6 nitrogen and oxygen atoms in total.